The second-order valence-corrected chi connectivity index (χ2v) is 3.72. The van der Waals surface area contributed by atoms with Crippen molar-refractivity contribution < 1.29 is 19.1 Å². The molecule has 1 aromatic rings. The average Bonchev–Trinajstić information content (AvgIpc) is 2.47. The van der Waals surface area contributed by atoms with Crippen molar-refractivity contribution in [3.63, 3.8) is 0 Å². The Hall–Kier alpha value is -2.41. The lowest BCUT2D eigenvalue weighted by molar-refractivity contribution is -0.139. The number of benzene rings is 1. The third-order valence-corrected chi connectivity index (χ3v) is 2.27. The van der Waals surface area contributed by atoms with Crippen molar-refractivity contribution in [1.29, 1.82) is 0 Å². The number of ether oxygens (including phenoxy) is 2. The van der Waals surface area contributed by atoms with Gasteiger partial charge in [0.05, 0.1) is 19.9 Å². The number of methoxy groups -OCH3 is 2. The summed E-state index contributed by atoms with van der Waals surface area (Å²) in [7, 11) is 3.06. The summed E-state index contributed by atoms with van der Waals surface area (Å²) < 4.78 is 9.80. The van der Waals surface area contributed by atoms with E-state index < -0.39 is 11.8 Å². The van der Waals surface area contributed by atoms with Crippen molar-refractivity contribution >= 4 is 18.0 Å². The maximum Gasteiger partial charge on any atom is 0.329 e. The molecule has 0 aromatic heterocycles. The number of carbonyl (C=O) groups is 2. The highest BCUT2D eigenvalue weighted by molar-refractivity contribution is 6.35. The summed E-state index contributed by atoms with van der Waals surface area (Å²) in [5.41, 5.74) is 2.87. The minimum Gasteiger partial charge on any atom is -0.497 e. The first kappa shape index (κ1) is 15.6. The highest BCUT2D eigenvalue weighted by Gasteiger charge is 2.10. The maximum absolute atomic E-state index is 11.3. The molecule has 0 fully saturated rings. The van der Waals surface area contributed by atoms with Gasteiger partial charge in [-0.15, -0.1) is 0 Å². The maximum atomic E-state index is 11.3. The molecule has 7 heteroatoms. The highest BCUT2D eigenvalue weighted by Crippen LogP contribution is 2.10. The predicted octanol–water partition coefficient (Wildman–Crippen LogP) is -0.0921. The van der Waals surface area contributed by atoms with E-state index in [1.807, 2.05) is 0 Å². The smallest absolute Gasteiger partial charge is 0.329 e. The zero-order chi connectivity index (χ0) is 14.8. The molecule has 0 unspecified atom stereocenters. The molecule has 0 heterocycles. The monoisotopic (exact) mass is 279 g/mol. The Morgan fingerprint density at radius 2 is 2.10 bits per heavy atom. The van der Waals surface area contributed by atoms with Crippen LogP contribution >= 0.6 is 0 Å². The molecule has 7 nitrogen and oxygen atoms in total. The lowest BCUT2D eigenvalue weighted by Crippen LogP contribution is -2.39. The van der Waals surface area contributed by atoms with E-state index in [9.17, 15) is 9.59 Å². The number of hydrogen-bond acceptors (Lipinski definition) is 5. The van der Waals surface area contributed by atoms with Crippen molar-refractivity contribution in [2.24, 2.45) is 5.10 Å². The third kappa shape index (κ3) is 5.49. The second-order valence-electron chi connectivity index (χ2n) is 3.72. The number of nitrogens with one attached hydrogen (secondary N) is 2. The number of hydrazone groups is 1. The quantitative estimate of drug-likeness (QED) is 0.329. The van der Waals surface area contributed by atoms with Crippen molar-refractivity contribution in [3.8, 4) is 5.75 Å². The van der Waals surface area contributed by atoms with Gasteiger partial charge in [-0.2, -0.15) is 5.10 Å². The van der Waals surface area contributed by atoms with E-state index in [1.54, 1.807) is 31.4 Å². The van der Waals surface area contributed by atoms with E-state index in [-0.39, 0.29) is 6.54 Å². The molecule has 2 amide bonds. The van der Waals surface area contributed by atoms with Crippen LogP contribution in [0.2, 0.25) is 0 Å². The number of hydrogen-bond donors (Lipinski definition) is 2. The van der Waals surface area contributed by atoms with Gasteiger partial charge in [0.25, 0.3) is 0 Å². The molecule has 108 valence electrons. The fourth-order valence-corrected chi connectivity index (χ4v) is 1.28. The normalized spacial score (nSPS) is 10.3. The van der Waals surface area contributed by atoms with Crippen molar-refractivity contribution in [1.82, 2.24) is 10.7 Å². The topological polar surface area (TPSA) is 89.0 Å². The van der Waals surface area contributed by atoms with Gasteiger partial charge >= 0.3 is 11.8 Å². The summed E-state index contributed by atoms with van der Waals surface area (Å²) in [6.45, 7) is 0.606. The number of carbonyl (C=O) groups excluding carboxylic acids is 2. The molecular weight excluding hydrogens is 262 g/mol. The van der Waals surface area contributed by atoms with Gasteiger partial charge in [0, 0.05) is 13.7 Å². The molecule has 0 bridgehead atoms. The van der Waals surface area contributed by atoms with E-state index in [0.29, 0.717) is 12.4 Å². The van der Waals surface area contributed by atoms with Crippen LogP contribution in [0.4, 0.5) is 0 Å². The van der Waals surface area contributed by atoms with Crippen molar-refractivity contribution in [3.05, 3.63) is 29.8 Å². The predicted molar refractivity (Wildman–Crippen MR) is 73.6 cm³/mol. The molecule has 0 saturated carbocycles. The molecule has 0 saturated heterocycles. The van der Waals surface area contributed by atoms with Crippen LogP contribution in [0.1, 0.15) is 5.56 Å². The molecule has 2 N–H and O–H groups in total. The number of amides is 2. The van der Waals surface area contributed by atoms with E-state index in [1.165, 1.54) is 13.3 Å². The van der Waals surface area contributed by atoms with Gasteiger partial charge in [-0.05, 0) is 17.7 Å². The fraction of sp³-hybridized carbons (Fsp3) is 0.308. The average molecular weight is 279 g/mol. The molecule has 20 heavy (non-hydrogen) atoms. The second kappa shape index (κ2) is 8.65. The molecule has 0 atom stereocenters. The minimum atomic E-state index is -0.833. The fourth-order valence-electron chi connectivity index (χ4n) is 1.28. The Balaban J connectivity index is 2.43. The first-order valence-electron chi connectivity index (χ1n) is 5.91. The van der Waals surface area contributed by atoms with Gasteiger partial charge < -0.3 is 14.8 Å². The van der Waals surface area contributed by atoms with Crippen LogP contribution in [0.3, 0.4) is 0 Å². The SMILES string of the molecule is COCCNC(=O)C(=O)NN=Cc1cccc(OC)c1. The lowest BCUT2D eigenvalue weighted by Gasteiger charge is -2.02. The van der Waals surface area contributed by atoms with E-state index >= 15 is 0 Å². The van der Waals surface area contributed by atoms with Crippen LogP contribution in [-0.2, 0) is 14.3 Å². The molecule has 0 radical (unpaired) electrons. The molecule has 1 rings (SSSR count). The zero-order valence-corrected chi connectivity index (χ0v) is 11.4. The zero-order valence-electron chi connectivity index (χ0n) is 11.4. The summed E-state index contributed by atoms with van der Waals surface area (Å²) in [5, 5.41) is 6.07. The van der Waals surface area contributed by atoms with Gasteiger partial charge in [-0.1, -0.05) is 12.1 Å². The van der Waals surface area contributed by atoms with Gasteiger partial charge in [-0.25, -0.2) is 5.43 Å². The standard InChI is InChI=1S/C13H17N3O4/c1-19-7-6-14-12(17)13(18)16-15-9-10-4-3-5-11(8-10)20-2/h3-5,8-9H,6-7H2,1-2H3,(H,14,17)(H,16,18). The lowest BCUT2D eigenvalue weighted by atomic mass is 10.2. The molecular formula is C13H17N3O4. The van der Waals surface area contributed by atoms with Crippen molar-refractivity contribution in [2.75, 3.05) is 27.4 Å². The summed E-state index contributed by atoms with van der Waals surface area (Å²) >= 11 is 0. The van der Waals surface area contributed by atoms with Crippen LogP contribution in [0.25, 0.3) is 0 Å². The first-order valence-corrected chi connectivity index (χ1v) is 5.91. The number of nitrogens with zero attached hydrogens (tertiary/aromatic N) is 1. The number of rotatable bonds is 6. The molecule has 0 aliphatic heterocycles. The summed E-state index contributed by atoms with van der Waals surface area (Å²) in [5.74, 6) is -0.914. The van der Waals surface area contributed by atoms with Crippen LogP contribution in [-0.4, -0.2) is 45.4 Å². The summed E-state index contributed by atoms with van der Waals surface area (Å²) in [6, 6.07) is 7.11. The largest absolute Gasteiger partial charge is 0.497 e. The van der Waals surface area contributed by atoms with Gasteiger partial charge in [0.1, 0.15) is 5.75 Å². The Labute approximate surface area is 117 Å². The van der Waals surface area contributed by atoms with Gasteiger partial charge in [0.15, 0.2) is 0 Å². The third-order valence-electron chi connectivity index (χ3n) is 2.27. The Kier molecular flexibility index (Phi) is 6.77. The minimum absolute atomic E-state index is 0.266. The Morgan fingerprint density at radius 1 is 1.30 bits per heavy atom. The van der Waals surface area contributed by atoms with Crippen LogP contribution in [0.15, 0.2) is 29.4 Å². The van der Waals surface area contributed by atoms with E-state index in [4.69, 9.17) is 9.47 Å². The summed E-state index contributed by atoms with van der Waals surface area (Å²) in [4.78, 5) is 22.6. The summed E-state index contributed by atoms with van der Waals surface area (Å²) in [6.07, 6.45) is 1.42. The molecule has 1 aromatic carbocycles. The Morgan fingerprint density at radius 3 is 2.80 bits per heavy atom. The van der Waals surface area contributed by atoms with Crippen LogP contribution in [0.5, 0.6) is 5.75 Å². The van der Waals surface area contributed by atoms with Crippen LogP contribution < -0.4 is 15.5 Å². The van der Waals surface area contributed by atoms with Gasteiger partial charge in [-0.3, -0.25) is 9.59 Å². The molecule has 0 aliphatic carbocycles. The molecule has 0 aliphatic rings. The van der Waals surface area contributed by atoms with E-state index in [0.717, 1.165) is 5.56 Å². The van der Waals surface area contributed by atoms with Gasteiger partial charge in [0.2, 0.25) is 0 Å². The molecule has 0 spiro atoms. The Bertz CT molecular complexity index is 488. The highest BCUT2D eigenvalue weighted by atomic mass is 16.5. The van der Waals surface area contributed by atoms with Crippen molar-refractivity contribution in [2.45, 2.75) is 0 Å². The van der Waals surface area contributed by atoms with E-state index in [2.05, 4.69) is 15.8 Å². The first-order chi connectivity index (χ1) is 9.67. The van der Waals surface area contributed by atoms with Crippen LogP contribution in [0, 0.1) is 0 Å².